The molecule has 2 heterocycles. The minimum atomic E-state index is -0.114. The van der Waals surface area contributed by atoms with Crippen LogP contribution in [0.1, 0.15) is 25.3 Å². The van der Waals surface area contributed by atoms with Crippen molar-refractivity contribution in [1.29, 1.82) is 0 Å². The summed E-state index contributed by atoms with van der Waals surface area (Å²) in [6.07, 6.45) is 2.93. The van der Waals surface area contributed by atoms with Crippen LogP contribution in [-0.2, 0) is 11.3 Å². The van der Waals surface area contributed by atoms with Crippen molar-refractivity contribution in [3.8, 4) is 0 Å². The lowest BCUT2D eigenvalue weighted by atomic mass is 10.1. The number of rotatable bonds is 4. The van der Waals surface area contributed by atoms with Gasteiger partial charge in [0.15, 0.2) is 0 Å². The topological polar surface area (TPSA) is 24.5 Å². The van der Waals surface area contributed by atoms with E-state index < -0.39 is 0 Å². The number of hydrogen-bond donors (Lipinski definition) is 1. The molecule has 0 amide bonds. The van der Waals surface area contributed by atoms with E-state index in [9.17, 15) is 4.39 Å². The van der Waals surface area contributed by atoms with Gasteiger partial charge in [0.25, 0.3) is 0 Å². The monoisotopic (exact) mass is 264 g/mol. The highest BCUT2D eigenvalue weighted by molar-refractivity contribution is 5.55. The highest BCUT2D eigenvalue weighted by Crippen LogP contribution is 2.32. The number of anilines is 1. The molecule has 3 rings (SSSR count). The predicted molar refractivity (Wildman–Crippen MR) is 73.9 cm³/mol. The Balaban J connectivity index is 1.85. The molecule has 4 heteroatoms. The molecular formula is C15H21FN2O. The minimum Gasteiger partial charge on any atom is -0.371 e. The highest BCUT2D eigenvalue weighted by atomic mass is 19.1. The summed E-state index contributed by atoms with van der Waals surface area (Å²) in [5.74, 6) is -0.114. The second-order valence-corrected chi connectivity index (χ2v) is 5.38. The van der Waals surface area contributed by atoms with E-state index in [1.807, 2.05) is 13.0 Å². The molecule has 2 aliphatic rings. The Morgan fingerprint density at radius 1 is 1.32 bits per heavy atom. The third kappa shape index (κ3) is 2.60. The first-order chi connectivity index (χ1) is 9.28. The van der Waals surface area contributed by atoms with Gasteiger partial charge in [0, 0.05) is 30.9 Å². The molecule has 0 aromatic heterocycles. The van der Waals surface area contributed by atoms with Crippen molar-refractivity contribution >= 4 is 5.69 Å². The molecule has 1 aromatic carbocycles. The summed E-state index contributed by atoms with van der Waals surface area (Å²) in [5, 5.41) is 3.23. The van der Waals surface area contributed by atoms with Crippen LogP contribution in [0.2, 0.25) is 0 Å². The standard InChI is InChI=1S/C15H21FN2O/c1-2-17-8-13-14(16)4-3-5-15(13)18-9-11-6-7-12(10-18)19-11/h3-5,11-12,17H,2,6-10H2,1H3. The van der Waals surface area contributed by atoms with Crippen molar-refractivity contribution < 1.29 is 9.13 Å². The molecule has 2 unspecified atom stereocenters. The SMILES string of the molecule is CCNCc1c(F)cccc1N1CC2CCC(C1)O2. The molecule has 1 aromatic rings. The van der Waals surface area contributed by atoms with Gasteiger partial charge in [0.05, 0.1) is 12.2 Å². The molecule has 0 radical (unpaired) electrons. The average molecular weight is 264 g/mol. The number of hydrogen-bond acceptors (Lipinski definition) is 3. The zero-order valence-corrected chi connectivity index (χ0v) is 11.4. The van der Waals surface area contributed by atoms with Gasteiger partial charge in [-0.05, 0) is 31.5 Å². The molecule has 2 atom stereocenters. The molecule has 0 aliphatic carbocycles. The van der Waals surface area contributed by atoms with Gasteiger partial charge in [-0.25, -0.2) is 4.39 Å². The first kappa shape index (κ1) is 12.9. The summed E-state index contributed by atoms with van der Waals surface area (Å²) in [7, 11) is 0. The maximum atomic E-state index is 14.0. The van der Waals surface area contributed by atoms with Crippen molar-refractivity contribution in [3.63, 3.8) is 0 Å². The second kappa shape index (κ2) is 5.47. The van der Waals surface area contributed by atoms with Crippen LogP contribution in [-0.4, -0.2) is 31.8 Å². The Labute approximate surface area is 113 Å². The van der Waals surface area contributed by atoms with Crippen LogP contribution in [0.4, 0.5) is 10.1 Å². The van der Waals surface area contributed by atoms with Crippen molar-refractivity contribution in [2.24, 2.45) is 0 Å². The fourth-order valence-electron chi connectivity index (χ4n) is 3.08. The summed E-state index contributed by atoms with van der Waals surface area (Å²) in [4.78, 5) is 2.29. The van der Waals surface area contributed by atoms with E-state index in [4.69, 9.17) is 4.74 Å². The van der Waals surface area contributed by atoms with Crippen LogP contribution < -0.4 is 10.2 Å². The molecule has 1 N–H and O–H groups in total. The lowest BCUT2D eigenvalue weighted by Crippen LogP contribution is -2.43. The second-order valence-electron chi connectivity index (χ2n) is 5.38. The average Bonchev–Trinajstić information content (AvgIpc) is 2.76. The summed E-state index contributed by atoms with van der Waals surface area (Å²) < 4.78 is 19.9. The number of benzene rings is 1. The van der Waals surface area contributed by atoms with E-state index in [1.165, 1.54) is 0 Å². The van der Waals surface area contributed by atoms with Gasteiger partial charge in [-0.3, -0.25) is 0 Å². The third-order valence-corrected chi connectivity index (χ3v) is 4.03. The fraction of sp³-hybridized carbons (Fsp3) is 0.600. The number of nitrogens with zero attached hydrogens (tertiary/aromatic N) is 1. The van der Waals surface area contributed by atoms with Gasteiger partial charge >= 0.3 is 0 Å². The van der Waals surface area contributed by atoms with Crippen LogP contribution in [0.5, 0.6) is 0 Å². The van der Waals surface area contributed by atoms with Crippen molar-refractivity contribution in [1.82, 2.24) is 5.32 Å². The molecule has 2 saturated heterocycles. The quantitative estimate of drug-likeness (QED) is 0.903. The molecule has 0 spiro atoms. The lowest BCUT2D eigenvalue weighted by Gasteiger charge is -2.35. The molecule has 2 bridgehead atoms. The van der Waals surface area contributed by atoms with Gasteiger partial charge in [-0.1, -0.05) is 13.0 Å². The smallest absolute Gasteiger partial charge is 0.129 e. The van der Waals surface area contributed by atoms with Crippen LogP contribution >= 0.6 is 0 Å². The van der Waals surface area contributed by atoms with Gasteiger partial charge in [-0.15, -0.1) is 0 Å². The zero-order valence-electron chi connectivity index (χ0n) is 11.4. The van der Waals surface area contributed by atoms with E-state index in [1.54, 1.807) is 12.1 Å². The van der Waals surface area contributed by atoms with Gasteiger partial charge in [-0.2, -0.15) is 0 Å². The first-order valence-corrected chi connectivity index (χ1v) is 7.16. The van der Waals surface area contributed by atoms with Gasteiger partial charge in [0.1, 0.15) is 5.82 Å². The van der Waals surface area contributed by atoms with Gasteiger partial charge in [0.2, 0.25) is 0 Å². The van der Waals surface area contributed by atoms with Crippen molar-refractivity contribution in [2.45, 2.75) is 38.5 Å². The Bertz CT molecular complexity index is 440. The van der Waals surface area contributed by atoms with Gasteiger partial charge < -0.3 is 15.0 Å². The lowest BCUT2D eigenvalue weighted by molar-refractivity contribution is 0.0304. The van der Waals surface area contributed by atoms with Crippen LogP contribution in [0, 0.1) is 5.82 Å². The zero-order chi connectivity index (χ0) is 13.2. The molecular weight excluding hydrogens is 243 g/mol. The Hall–Kier alpha value is -1.13. The molecule has 19 heavy (non-hydrogen) atoms. The van der Waals surface area contributed by atoms with Crippen molar-refractivity contribution in [3.05, 3.63) is 29.6 Å². The van der Waals surface area contributed by atoms with E-state index in [2.05, 4.69) is 10.2 Å². The number of fused-ring (bicyclic) bond motifs is 2. The normalized spacial score (nSPS) is 25.9. The Morgan fingerprint density at radius 2 is 2.05 bits per heavy atom. The number of morpholine rings is 1. The largest absolute Gasteiger partial charge is 0.371 e. The number of ether oxygens (including phenoxy) is 1. The Kier molecular flexibility index (Phi) is 3.71. The fourth-order valence-corrected chi connectivity index (χ4v) is 3.08. The maximum Gasteiger partial charge on any atom is 0.129 e. The minimum absolute atomic E-state index is 0.114. The van der Waals surface area contributed by atoms with E-state index in [0.717, 1.165) is 43.7 Å². The summed E-state index contributed by atoms with van der Waals surface area (Å²) in [6.45, 7) is 5.25. The Morgan fingerprint density at radius 3 is 2.74 bits per heavy atom. The summed E-state index contributed by atoms with van der Waals surface area (Å²) >= 11 is 0. The molecule has 0 saturated carbocycles. The molecule has 3 nitrogen and oxygen atoms in total. The van der Waals surface area contributed by atoms with Crippen LogP contribution in [0.3, 0.4) is 0 Å². The number of nitrogens with one attached hydrogen (secondary N) is 1. The molecule has 2 fully saturated rings. The highest BCUT2D eigenvalue weighted by Gasteiger charge is 2.34. The molecule has 104 valence electrons. The predicted octanol–water partition coefficient (Wildman–Crippen LogP) is 2.30. The van der Waals surface area contributed by atoms with E-state index in [0.29, 0.717) is 18.8 Å². The first-order valence-electron chi connectivity index (χ1n) is 7.16. The van der Waals surface area contributed by atoms with E-state index >= 15 is 0 Å². The van der Waals surface area contributed by atoms with Crippen LogP contribution in [0.15, 0.2) is 18.2 Å². The maximum absolute atomic E-state index is 14.0. The van der Waals surface area contributed by atoms with Crippen molar-refractivity contribution in [2.75, 3.05) is 24.5 Å². The number of halogens is 1. The third-order valence-electron chi connectivity index (χ3n) is 4.03. The van der Waals surface area contributed by atoms with E-state index in [-0.39, 0.29) is 5.82 Å². The summed E-state index contributed by atoms with van der Waals surface area (Å²) in [6, 6.07) is 5.38. The van der Waals surface area contributed by atoms with Crippen LogP contribution in [0.25, 0.3) is 0 Å². The molecule has 2 aliphatic heterocycles. The summed E-state index contributed by atoms with van der Waals surface area (Å²) in [5.41, 5.74) is 1.81.